The standard InChI is InChI=1S/C25H23ClFNO4/c1-16(17-7-9-19(10-8-17)25(30)31-2)28-24(29)21-15-20(26)11-12-23(21)32-14-13-18-5-3-4-6-22(18)27/h3-12,15-16H,13-14H2,1-2H3,(H,28,29)/t16-/m0/s1. The summed E-state index contributed by atoms with van der Waals surface area (Å²) in [5.41, 5.74) is 2.06. The van der Waals surface area contributed by atoms with Crippen LogP contribution in [0.2, 0.25) is 5.02 Å². The van der Waals surface area contributed by atoms with E-state index in [0.29, 0.717) is 28.3 Å². The molecule has 3 aromatic rings. The molecule has 32 heavy (non-hydrogen) atoms. The molecule has 0 aliphatic heterocycles. The van der Waals surface area contributed by atoms with Crippen LogP contribution in [-0.2, 0) is 11.2 Å². The summed E-state index contributed by atoms with van der Waals surface area (Å²) in [7, 11) is 1.32. The molecule has 0 spiro atoms. The normalized spacial score (nSPS) is 11.5. The zero-order chi connectivity index (χ0) is 23.1. The SMILES string of the molecule is COC(=O)c1ccc([C@H](C)NC(=O)c2cc(Cl)ccc2OCCc2ccccc2F)cc1. The van der Waals surface area contributed by atoms with Gasteiger partial charge in [-0.05, 0) is 54.4 Å². The molecule has 5 nitrogen and oxygen atoms in total. The van der Waals surface area contributed by atoms with Gasteiger partial charge in [0.25, 0.3) is 5.91 Å². The van der Waals surface area contributed by atoms with Crippen LogP contribution < -0.4 is 10.1 Å². The second-order valence-electron chi connectivity index (χ2n) is 7.14. The molecule has 0 aliphatic carbocycles. The number of rotatable bonds is 8. The summed E-state index contributed by atoms with van der Waals surface area (Å²) in [5, 5.41) is 3.30. The number of nitrogens with one attached hydrogen (secondary N) is 1. The molecule has 0 saturated heterocycles. The Morgan fingerprint density at radius 1 is 1.06 bits per heavy atom. The number of carbonyl (C=O) groups is 2. The van der Waals surface area contributed by atoms with Gasteiger partial charge in [-0.3, -0.25) is 4.79 Å². The van der Waals surface area contributed by atoms with Crippen molar-refractivity contribution in [3.05, 3.63) is 99.8 Å². The molecule has 3 rings (SSSR count). The lowest BCUT2D eigenvalue weighted by Crippen LogP contribution is -2.27. The molecule has 0 aromatic heterocycles. The van der Waals surface area contributed by atoms with E-state index in [1.807, 2.05) is 6.92 Å². The topological polar surface area (TPSA) is 64.6 Å². The Morgan fingerprint density at radius 3 is 2.47 bits per heavy atom. The van der Waals surface area contributed by atoms with E-state index in [-0.39, 0.29) is 29.9 Å². The summed E-state index contributed by atoms with van der Waals surface area (Å²) >= 11 is 6.10. The molecule has 0 saturated carbocycles. The van der Waals surface area contributed by atoms with Gasteiger partial charge in [-0.2, -0.15) is 0 Å². The number of halogens is 2. The van der Waals surface area contributed by atoms with E-state index >= 15 is 0 Å². The van der Waals surface area contributed by atoms with Crippen molar-refractivity contribution in [1.82, 2.24) is 5.32 Å². The van der Waals surface area contributed by atoms with Crippen LogP contribution >= 0.6 is 11.6 Å². The second-order valence-corrected chi connectivity index (χ2v) is 7.58. The predicted octanol–water partition coefficient (Wildman–Crippen LogP) is 5.38. The molecule has 0 aliphatic rings. The fourth-order valence-electron chi connectivity index (χ4n) is 3.16. The lowest BCUT2D eigenvalue weighted by molar-refractivity contribution is 0.0600. The van der Waals surface area contributed by atoms with Crippen molar-refractivity contribution in [3.63, 3.8) is 0 Å². The van der Waals surface area contributed by atoms with Gasteiger partial charge in [0.2, 0.25) is 0 Å². The van der Waals surface area contributed by atoms with Crippen LogP contribution in [0.3, 0.4) is 0 Å². The van der Waals surface area contributed by atoms with Crippen LogP contribution in [0, 0.1) is 5.82 Å². The summed E-state index contributed by atoms with van der Waals surface area (Å²) in [6.45, 7) is 2.03. The summed E-state index contributed by atoms with van der Waals surface area (Å²) in [5.74, 6) is -0.726. The van der Waals surface area contributed by atoms with Crippen LogP contribution in [0.1, 0.15) is 44.8 Å². The highest BCUT2D eigenvalue weighted by Crippen LogP contribution is 2.25. The zero-order valence-corrected chi connectivity index (χ0v) is 18.5. The Bertz CT molecular complexity index is 1100. The third-order valence-electron chi connectivity index (χ3n) is 4.95. The number of amides is 1. The maximum Gasteiger partial charge on any atom is 0.337 e. The van der Waals surface area contributed by atoms with Crippen LogP contribution in [0.5, 0.6) is 5.75 Å². The Labute approximate surface area is 191 Å². The highest BCUT2D eigenvalue weighted by atomic mass is 35.5. The molecule has 3 aromatic carbocycles. The maximum atomic E-state index is 13.8. The van der Waals surface area contributed by atoms with Gasteiger partial charge in [0.05, 0.1) is 30.9 Å². The molecule has 0 radical (unpaired) electrons. The van der Waals surface area contributed by atoms with Crippen LogP contribution in [0.15, 0.2) is 66.7 Å². The predicted molar refractivity (Wildman–Crippen MR) is 121 cm³/mol. The van der Waals surface area contributed by atoms with Crippen molar-refractivity contribution in [1.29, 1.82) is 0 Å². The molecule has 0 fully saturated rings. The van der Waals surface area contributed by atoms with Gasteiger partial charge in [-0.15, -0.1) is 0 Å². The number of benzene rings is 3. The quantitative estimate of drug-likeness (QED) is 0.463. The number of carbonyl (C=O) groups excluding carboxylic acids is 2. The van der Waals surface area contributed by atoms with E-state index in [1.165, 1.54) is 19.2 Å². The first-order chi connectivity index (χ1) is 15.4. The first kappa shape index (κ1) is 23.3. The van der Waals surface area contributed by atoms with E-state index in [1.54, 1.807) is 54.6 Å². The lowest BCUT2D eigenvalue weighted by Gasteiger charge is -2.17. The minimum Gasteiger partial charge on any atom is -0.492 e. The van der Waals surface area contributed by atoms with Gasteiger partial charge in [0.15, 0.2) is 0 Å². The Morgan fingerprint density at radius 2 is 1.78 bits per heavy atom. The zero-order valence-electron chi connectivity index (χ0n) is 17.7. The number of hydrogen-bond donors (Lipinski definition) is 1. The highest BCUT2D eigenvalue weighted by Gasteiger charge is 2.17. The van der Waals surface area contributed by atoms with Crippen molar-refractivity contribution >= 4 is 23.5 Å². The minimum atomic E-state index is -0.427. The minimum absolute atomic E-state index is 0.202. The number of hydrogen-bond acceptors (Lipinski definition) is 4. The molecule has 1 atom stereocenters. The second kappa shape index (κ2) is 10.8. The highest BCUT2D eigenvalue weighted by molar-refractivity contribution is 6.31. The van der Waals surface area contributed by atoms with Gasteiger partial charge < -0.3 is 14.8 Å². The molecule has 0 heterocycles. The Hall–Kier alpha value is -3.38. The monoisotopic (exact) mass is 455 g/mol. The van der Waals surface area contributed by atoms with E-state index in [0.717, 1.165) is 5.56 Å². The fourth-order valence-corrected chi connectivity index (χ4v) is 3.33. The van der Waals surface area contributed by atoms with E-state index in [9.17, 15) is 14.0 Å². The summed E-state index contributed by atoms with van der Waals surface area (Å²) in [6, 6.07) is 17.7. The van der Waals surface area contributed by atoms with Crippen LogP contribution in [-0.4, -0.2) is 25.6 Å². The van der Waals surface area contributed by atoms with Gasteiger partial charge in [0.1, 0.15) is 11.6 Å². The number of methoxy groups -OCH3 is 1. The van der Waals surface area contributed by atoms with Gasteiger partial charge in [-0.1, -0.05) is 41.9 Å². The average Bonchev–Trinajstić information content (AvgIpc) is 2.80. The largest absolute Gasteiger partial charge is 0.492 e. The van der Waals surface area contributed by atoms with Crippen LogP contribution in [0.4, 0.5) is 4.39 Å². The van der Waals surface area contributed by atoms with Crippen molar-refractivity contribution in [2.45, 2.75) is 19.4 Å². The third kappa shape index (κ3) is 5.86. The van der Waals surface area contributed by atoms with Gasteiger partial charge in [-0.25, -0.2) is 9.18 Å². The van der Waals surface area contributed by atoms with E-state index in [4.69, 9.17) is 21.1 Å². The average molecular weight is 456 g/mol. The van der Waals surface area contributed by atoms with Crippen molar-refractivity contribution in [2.24, 2.45) is 0 Å². The molecular formula is C25H23ClFNO4. The molecule has 0 unspecified atom stereocenters. The van der Waals surface area contributed by atoms with Crippen molar-refractivity contribution in [3.8, 4) is 5.75 Å². The summed E-state index contributed by atoms with van der Waals surface area (Å²) in [6.07, 6.45) is 0.360. The van der Waals surface area contributed by atoms with Crippen molar-refractivity contribution < 1.29 is 23.5 Å². The van der Waals surface area contributed by atoms with E-state index in [2.05, 4.69) is 5.32 Å². The summed E-state index contributed by atoms with van der Waals surface area (Å²) in [4.78, 5) is 24.5. The Kier molecular flexibility index (Phi) is 7.84. The first-order valence-corrected chi connectivity index (χ1v) is 10.4. The Balaban J connectivity index is 1.68. The van der Waals surface area contributed by atoms with Gasteiger partial charge in [0, 0.05) is 11.4 Å². The first-order valence-electron chi connectivity index (χ1n) is 10.0. The number of esters is 1. The molecule has 166 valence electrons. The molecule has 1 N–H and O–H groups in total. The summed E-state index contributed by atoms with van der Waals surface area (Å²) < 4.78 is 24.3. The maximum absolute atomic E-state index is 13.8. The molecule has 0 bridgehead atoms. The van der Waals surface area contributed by atoms with Crippen molar-refractivity contribution in [2.75, 3.05) is 13.7 Å². The van der Waals surface area contributed by atoms with E-state index < -0.39 is 5.97 Å². The van der Waals surface area contributed by atoms with Gasteiger partial charge >= 0.3 is 5.97 Å². The fraction of sp³-hybridized carbons (Fsp3) is 0.200. The van der Waals surface area contributed by atoms with Crippen LogP contribution in [0.25, 0.3) is 0 Å². The molecular weight excluding hydrogens is 433 g/mol. The lowest BCUT2D eigenvalue weighted by atomic mass is 10.1. The molecule has 1 amide bonds. The molecule has 7 heteroatoms. The third-order valence-corrected chi connectivity index (χ3v) is 5.19. The smallest absolute Gasteiger partial charge is 0.337 e. The number of ether oxygens (including phenoxy) is 2.